The zero-order valence-corrected chi connectivity index (χ0v) is 13.7. The Morgan fingerprint density at radius 2 is 2.17 bits per heavy atom. The highest BCUT2D eigenvalue weighted by atomic mass is 16.5. The fourth-order valence-electron chi connectivity index (χ4n) is 2.86. The van der Waals surface area contributed by atoms with Gasteiger partial charge in [0.1, 0.15) is 11.3 Å². The van der Waals surface area contributed by atoms with E-state index < -0.39 is 5.63 Å². The number of aryl methyl sites for hydroxylation is 2. The second kappa shape index (κ2) is 6.36. The predicted octanol–water partition coefficient (Wildman–Crippen LogP) is 2.02. The lowest BCUT2D eigenvalue weighted by Gasteiger charge is -2.35. The largest absolute Gasteiger partial charge is 0.483 e. The summed E-state index contributed by atoms with van der Waals surface area (Å²) in [6.45, 7) is 4.65. The number of hydrogen-bond donors (Lipinski definition) is 0. The maximum Gasteiger partial charge on any atom is 0.336 e. The Labute approximate surface area is 139 Å². The van der Waals surface area contributed by atoms with Gasteiger partial charge in [-0.25, -0.2) is 4.79 Å². The first-order chi connectivity index (χ1) is 11.5. The van der Waals surface area contributed by atoms with E-state index >= 15 is 0 Å². The van der Waals surface area contributed by atoms with Crippen LogP contribution in [-0.2, 0) is 11.2 Å². The topological polar surface area (TPSA) is 83.5 Å². The summed E-state index contributed by atoms with van der Waals surface area (Å²) in [5.74, 6) is 0.317. The molecular formula is C18H18N2O4. The summed E-state index contributed by atoms with van der Waals surface area (Å²) in [6, 6.07) is 7.22. The van der Waals surface area contributed by atoms with Crippen LogP contribution in [0.5, 0.6) is 5.75 Å². The molecule has 6 heteroatoms. The van der Waals surface area contributed by atoms with Gasteiger partial charge in [0.2, 0.25) is 0 Å². The number of benzene rings is 1. The maximum atomic E-state index is 12.1. The molecule has 1 fully saturated rings. The van der Waals surface area contributed by atoms with Crippen LogP contribution >= 0.6 is 0 Å². The van der Waals surface area contributed by atoms with Crippen molar-refractivity contribution in [3.8, 4) is 11.8 Å². The van der Waals surface area contributed by atoms with Gasteiger partial charge in [-0.2, -0.15) is 5.26 Å². The number of rotatable bonds is 4. The van der Waals surface area contributed by atoms with Crippen molar-refractivity contribution in [1.29, 1.82) is 5.26 Å². The highest BCUT2D eigenvalue weighted by Gasteiger charge is 2.30. The van der Waals surface area contributed by atoms with Gasteiger partial charge in [-0.3, -0.25) is 4.79 Å². The molecule has 124 valence electrons. The minimum Gasteiger partial charge on any atom is -0.483 e. The van der Waals surface area contributed by atoms with E-state index in [1.165, 1.54) is 6.07 Å². The van der Waals surface area contributed by atoms with Gasteiger partial charge in [-0.05, 0) is 36.6 Å². The van der Waals surface area contributed by atoms with Gasteiger partial charge in [0.15, 0.2) is 6.61 Å². The number of carbonyl (C=O) groups is 1. The molecule has 2 aromatic rings. The van der Waals surface area contributed by atoms with Gasteiger partial charge in [-0.1, -0.05) is 6.92 Å². The molecule has 0 N–H and O–H groups in total. The van der Waals surface area contributed by atoms with Crippen LogP contribution in [0.4, 0.5) is 0 Å². The van der Waals surface area contributed by atoms with Crippen LogP contribution in [-0.4, -0.2) is 30.5 Å². The lowest BCUT2D eigenvalue weighted by Crippen LogP contribution is -2.51. The molecule has 24 heavy (non-hydrogen) atoms. The van der Waals surface area contributed by atoms with Gasteiger partial charge < -0.3 is 14.1 Å². The monoisotopic (exact) mass is 326 g/mol. The maximum absolute atomic E-state index is 12.1. The molecule has 0 unspecified atom stereocenters. The number of likely N-dealkylation sites (tertiary alicyclic amines) is 1. The molecule has 1 aromatic carbocycles. The van der Waals surface area contributed by atoms with E-state index in [0.717, 1.165) is 16.5 Å². The van der Waals surface area contributed by atoms with Gasteiger partial charge in [0, 0.05) is 19.2 Å². The quantitative estimate of drug-likeness (QED) is 0.803. The molecule has 1 aliphatic heterocycles. The molecule has 6 nitrogen and oxygen atoms in total. The predicted molar refractivity (Wildman–Crippen MR) is 87.8 cm³/mol. The number of nitriles is 1. The molecule has 3 rings (SSSR count). The summed E-state index contributed by atoms with van der Waals surface area (Å²) >= 11 is 0. The smallest absolute Gasteiger partial charge is 0.336 e. The van der Waals surface area contributed by atoms with Crippen LogP contribution in [0.1, 0.15) is 18.1 Å². The summed E-state index contributed by atoms with van der Waals surface area (Å²) < 4.78 is 11.0. The fraction of sp³-hybridized carbons (Fsp3) is 0.389. The Bertz CT molecular complexity index is 888. The number of ether oxygens (including phenoxy) is 1. The lowest BCUT2D eigenvalue weighted by atomic mass is 10.0. The molecule has 1 aromatic heterocycles. The van der Waals surface area contributed by atoms with Crippen LogP contribution in [0.25, 0.3) is 11.0 Å². The molecular weight excluding hydrogens is 308 g/mol. The third kappa shape index (κ3) is 2.98. The first-order valence-corrected chi connectivity index (χ1v) is 7.89. The van der Waals surface area contributed by atoms with Crippen molar-refractivity contribution in [3.63, 3.8) is 0 Å². The summed E-state index contributed by atoms with van der Waals surface area (Å²) in [5.41, 5.74) is 1.79. The molecule has 1 saturated heterocycles. The van der Waals surface area contributed by atoms with Crippen molar-refractivity contribution in [1.82, 2.24) is 4.90 Å². The van der Waals surface area contributed by atoms with Crippen molar-refractivity contribution in [2.75, 3.05) is 19.7 Å². The van der Waals surface area contributed by atoms with E-state index in [4.69, 9.17) is 14.4 Å². The van der Waals surface area contributed by atoms with Gasteiger partial charge >= 0.3 is 5.63 Å². The van der Waals surface area contributed by atoms with Crippen LogP contribution in [0.15, 0.2) is 27.4 Å². The standard InChI is InChI=1S/C18H18N2O4/c1-3-13-6-17(22)24-15-5-11(2)4-14(18(13)15)23-10-16(21)20-8-12(7-19)9-20/h4-6,12H,3,8-10H2,1-2H3. The average molecular weight is 326 g/mol. The van der Waals surface area contributed by atoms with Crippen LogP contribution in [0.2, 0.25) is 0 Å². The van der Waals surface area contributed by atoms with E-state index in [-0.39, 0.29) is 18.4 Å². The Balaban J connectivity index is 1.85. The third-order valence-electron chi connectivity index (χ3n) is 4.18. The number of amides is 1. The Hall–Kier alpha value is -2.81. The second-order valence-corrected chi connectivity index (χ2v) is 5.99. The summed E-state index contributed by atoms with van der Waals surface area (Å²) in [7, 11) is 0. The van der Waals surface area contributed by atoms with Crippen molar-refractivity contribution >= 4 is 16.9 Å². The number of fused-ring (bicyclic) bond motifs is 1. The van der Waals surface area contributed by atoms with Crippen molar-refractivity contribution < 1.29 is 13.9 Å². The van der Waals surface area contributed by atoms with Gasteiger partial charge in [0.25, 0.3) is 5.91 Å². The van der Waals surface area contributed by atoms with E-state index in [1.807, 2.05) is 19.9 Å². The van der Waals surface area contributed by atoms with E-state index in [9.17, 15) is 9.59 Å². The minimum atomic E-state index is -0.393. The SMILES string of the molecule is CCc1cc(=O)oc2cc(C)cc(OCC(=O)N3CC(C#N)C3)c12. The molecule has 2 heterocycles. The molecule has 0 radical (unpaired) electrons. The summed E-state index contributed by atoms with van der Waals surface area (Å²) in [6.07, 6.45) is 0.658. The van der Waals surface area contributed by atoms with Gasteiger partial charge in [-0.15, -0.1) is 0 Å². The Morgan fingerprint density at radius 1 is 1.42 bits per heavy atom. The highest BCUT2D eigenvalue weighted by Crippen LogP contribution is 2.30. The van der Waals surface area contributed by atoms with E-state index in [0.29, 0.717) is 30.8 Å². The summed E-state index contributed by atoms with van der Waals surface area (Å²) in [4.78, 5) is 25.4. The molecule has 0 spiro atoms. The molecule has 1 aliphatic rings. The Morgan fingerprint density at radius 3 is 2.83 bits per heavy atom. The molecule has 0 atom stereocenters. The van der Waals surface area contributed by atoms with Gasteiger partial charge in [0.05, 0.1) is 17.4 Å². The lowest BCUT2D eigenvalue weighted by molar-refractivity contribution is -0.138. The second-order valence-electron chi connectivity index (χ2n) is 5.99. The first-order valence-electron chi connectivity index (χ1n) is 7.89. The number of hydrogen-bond acceptors (Lipinski definition) is 5. The fourth-order valence-corrected chi connectivity index (χ4v) is 2.86. The Kier molecular flexibility index (Phi) is 4.26. The van der Waals surface area contributed by atoms with Crippen LogP contribution < -0.4 is 10.4 Å². The number of carbonyl (C=O) groups excluding carboxylic acids is 1. The highest BCUT2D eigenvalue weighted by molar-refractivity contribution is 5.88. The average Bonchev–Trinajstić information content (AvgIpc) is 2.50. The molecule has 0 bridgehead atoms. The summed E-state index contributed by atoms with van der Waals surface area (Å²) in [5, 5.41) is 9.50. The van der Waals surface area contributed by atoms with E-state index in [2.05, 4.69) is 6.07 Å². The molecule has 1 amide bonds. The van der Waals surface area contributed by atoms with Crippen molar-refractivity contribution in [3.05, 3.63) is 39.7 Å². The van der Waals surface area contributed by atoms with Crippen molar-refractivity contribution in [2.45, 2.75) is 20.3 Å². The molecule has 0 aliphatic carbocycles. The van der Waals surface area contributed by atoms with Crippen LogP contribution in [0.3, 0.4) is 0 Å². The number of nitrogens with zero attached hydrogens (tertiary/aromatic N) is 2. The van der Waals surface area contributed by atoms with E-state index in [1.54, 1.807) is 11.0 Å². The van der Waals surface area contributed by atoms with Crippen molar-refractivity contribution in [2.24, 2.45) is 5.92 Å². The third-order valence-corrected chi connectivity index (χ3v) is 4.18. The van der Waals surface area contributed by atoms with Crippen LogP contribution in [0, 0.1) is 24.2 Å². The first kappa shape index (κ1) is 16.1. The molecule has 0 saturated carbocycles. The zero-order valence-electron chi connectivity index (χ0n) is 13.7. The minimum absolute atomic E-state index is 0.0743. The normalized spacial score (nSPS) is 14.3. The zero-order chi connectivity index (χ0) is 17.3.